The molecule has 0 radical (unpaired) electrons. The minimum absolute atomic E-state index is 0.0279. The fraction of sp³-hybridized carbons (Fsp3) is 0.562. The van der Waals surface area contributed by atoms with Gasteiger partial charge in [0.2, 0.25) is 5.91 Å². The summed E-state index contributed by atoms with van der Waals surface area (Å²) in [5.74, 6) is 0.219. The Balaban J connectivity index is 1.83. The summed E-state index contributed by atoms with van der Waals surface area (Å²) in [6.07, 6.45) is 3.85. The van der Waals surface area contributed by atoms with Crippen LogP contribution in [0.1, 0.15) is 38.2 Å². The minimum atomic E-state index is 0.0279. The molecule has 0 bridgehead atoms. The van der Waals surface area contributed by atoms with E-state index in [9.17, 15) is 4.79 Å². The zero-order chi connectivity index (χ0) is 13.5. The molecule has 3 nitrogen and oxygen atoms in total. The number of carbonyl (C=O) groups is 1. The fourth-order valence-corrected chi connectivity index (χ4v) is 3.62. The lowest BCUT2D eigenvalue weighted by Crippen LogP contribution is -2.59. The van der Waals surface area contributed by atoms with Crippen molar-refractivity contribution in [3.8, 4) is 0 Å². The van der Waals surface area contributed by atoms with E-state index in [-0.39, 0.29) is 17.0 Å². The topological polar surface area (TPSA) is 32.3 Å². The van der Waals surface area contributed by atoms with Crippen LogP contribution in [0.15, 0.2) is 30.3 Å². The van der Waals surface area contributed by atoms with Gasteiger partial charge in [0, 0.05) is 18.5 Å². The monoisotopic (exact) mass is 258 g/mol. The molecule has 3 rings (SSSR count). The van der Waals surface area contributed by atoms with Crippen LogP contribution in [-0.2, 0) is 10.3 Å². The van der Waals surface area contributed by atoms with Gasteiger partial charge in [-0.1, -0.05) is 30.3 Å². The Labute approximate surface area is 115 Å². The highest BCUT2D eigenvalue weighted by Crippen LogP contribution is 2.42. The summed E-state index contributed by atoms with van der Waals surface area (Å²) in [4.78, 5) is 13.9. The van der Waals surface area contributed by atoms with Crippen molar-refractivity contribution < 1.29 is 4.79 Å². The molecule has 1 spiro atoms. The summed E-state index contributed by atoms with van der Waals surface area (Å²) in [6.45, 7) is 3.26. The van der Waals surface area contributed by atoms with Crippen LogP contribution in [0.25, 0.3) is 0 Å². The molecule has 1 amide bonds. The first-order valence-corrected chi connectivity index (χ1v) is 7.12. The zero-order valence-corrected chi connectivity index (χ0v) is 11.8. The third-order valence-corrected chi connectivity index (χ3v) is 5.10. The van der Waals surface area contributed by atoms with Gasteiger partial charge in [-0.15, -0.1) is 0 Å². The number of carbonyl (C=O) groups excluding carboxylic acids is 1. The molecule has 0 aliphatic carbocycles. The maximum atomic E-state index is 11.5. The smallest absolute Gasteiger partial charge is 0.220 e. The van der Waals surface area contributed by atoms with Gasteiger partial charge in [-0.3, -0.25) is 9.69 Å². The second-order valence-electron chi connectivity index (χ2n) is 6.32. The Hall–Kier alpha value is -1.35. The van der Waals surface area contributed by atoms with Crippen molar-refractivity contribution in [3.63, 3.8) is 0 Å². The maximum Gasteiger partial charge on any atom is 0.220 e. The third-order valence-electron chi connectivity index (χ3n) is 5.10. The summed E-state index contributed by atoms with van der Waals surface area (Å²) in [7, 11) is 2.18. The lowest BCUT2D eigenvalue weighted by atomic mass is 9.75. The van der Waals surface area contributed by atoms with Crippen LogP contribution in [0.2, 0.25) is 0 Å². The number of piperidine rings is 1. The highest BCUT2D eigenvalue weighted by Gasteiger charge is 2.47. The average molecular weight is 258 g/mol. The lowest BCUT2D eigenvalue weighted by molar-refractivity contribution is -0.120. The Bertz CT molecular complexity index is 487. The average Bonchev–Trinajstić information content (AvgIpc) is 2.77. The molecule has 2 aliphatic heterocycles. The molecular formula is C16H22N2O. The molecular weight excluding hydrogens is 236 g/mol. The van der Waals surface area contributed by atoms with E-state index in [1.807, 2.05) is 0 Å². The van der Waals surface area contributed by atoms with Crippen LogP contribution in [0.4, 0.5) is 0 Å². The molecule has 1 N–H and O–H groups in total. The van der Waals surface area contributed by atoms with Crippen LogP contribution in [0, 0.1) is 0 Å². The molecule has 2 heterocycles. The van der Waals surface area contributed by atoms with Gasteiger partial charge in [-0.2, -0.15) is 0 Å². The Morgan fingerprint density at radius 3 is 2.47 bits per heavy atom. The van der Waals surface area contributed by atoms with E-state index in [1.54, 1.807) is 0 Å². The van der Waals surface area contributed by atoms with Gasteiger partial charge in [-0.05, 0) is 38.8 Å². The minimum Gasteiger partial charge on any atom is -0.349 e. The molecule has 2 fully saturated rings. The normalized spacial score (nSPS) is 35.6. The van der Waals surface area contributed by atoms with Gasteiger partial charge in [0.15, 0.2) is 0 Å². The summed E-state index contributed by atoms with van der Waals surface area (Å²) in [5, 5.41) is 3.21. The molecule has 2 saturated heterocycles. The van der Waals surface area contributed by atoms with E-state index in [4.69, 9.17) is 0 Å². The highest BCUT2D eigenvalue weighted by atomic mass is 16.2. The van der Waals surface area contributed by atoms with Crippen LogP contribution < -0.4 is 5.32 Å². The molecule has 0 saturated carbocycles. The molecule has 3 heteroatoms. The van der Waals surface area contributed by atoms with Crippen molar-refractivity contribution >= 4 is 5.91 Å². The van der Waals surface area contributed by atoms with E-state index < -0.39 is 0 Å². The predicted octanol–water partition coefficient (Wildman–Crippen LogP) is 2.28. The van der Waals surface area contributed by atoms with Crippen molar-refractivity contribution in [1.82, 2.24) is 10.2 Å². The molecule has 1 aromatic carbocycles. The number of nitrogens with one attached hydrogen (secondary N) is 1. The van der Waals surface area contributed by atoms with E-state index in [1.165, 1.54) is 5.56 Å². The molecule has 19 heavy (non-hydrogen) atoms. The van der Waals surface area contributed by atoms with Gasteiger partial charge < -0.3 is 5.32 Å². The molecule has 0 unspecified atom stereocenters. The number of rotatable bonds is 1. The molecule has 2 atom stereocenters. The van der Waals surface area contributed by atoms with Crippen molar-refractivity contribution in [1.29, 1.82) is 0 Å². The largest absolute Gasteiger partial charge is 0.349 e. The van der Waals surface area contributed by atoms with Crippen LogP contribution in [0.3, 0.4) is 0 Å². The van der Waals surface area contributed by atoms with Gasteiger partial charge in [0.05, 0.1) is 5.54 Å². The van der Waals surface area contributed by atoms with Gasteiger partial charge in [0.1, 0.15) is 0 Å². The molecule has 0 aromatic heterocycles. The van der Waals surface area contributed by atoms with Crippen LogP contribution >= 0.6 is 0 Å². The lowest BCUT2D eigenvalue weighted by Gasteiger charge is -2.50. The number of nitrogens with zero attached hydrogens (tertiary/aromatic N) is 1. The number of benzene rings is 1. The van der Waals surface area contributed by atoms with Crippen molar-refractivity contribution in [2.24, 2.45) is 0 Å². The number of likely N-dealkylation sites (N-methyl/N-ethyl adjacent to an activating group) is 1. The van der Waals surface area contributed by atoms with Crippen LogP contribution in [-0.4, -0.2) is 29.9 Å². The maximum absolute atomic E-state index is 11.5. The summed E-state index contributed by atoms with van der Waals surface area (Å²) in [5.41, 5.74) is 1.48. The fourth-order valence-electron chi connectivity index (χ4n) is 3.62. The van der Waals surface area contributed by atoms with Crippen molar-refractivity contribution in [2.45, 2.75) is 43.7 Å². The second kappa shape index (κ2) is 4.34. The van der Waals surface area contributed by atoms with Gasteiger partial charge in [-0.25, -0.2) is 0 Å². The first-order chi connectivity index (χ1) is 9.04. The molecule has 102 valence electrons. The van der Waals surface area contributed by atoms with E-state index in [0.29, 0.717) is 6.42 Å². The number of amides is 1. The SMILES string of the molecule is CN1C[C@@]2(CCC(=O)N2)CC[C@@]1(C)c1ccccc1. The second-order valence-corrected chi connectivity index (χ2v) is 6.32. The number of likely N-dealkylation sites (tertiary alicyclic amines) is 1. The predicted molar refractivity (Wildman–Crippen MR) is 75.8 cm³/mol. The van der Waals surface area contributed by atoms with Gasteiger partial charge in [0.25, 0.3) is 0 Å². The first-order valence-electron chi connectivity index (χ1n) is 7.12. The molecule has 2 aliphatic rings. The third kappa shape index (κ3) is 2.06. The summed E-state index contributed by atoms with van der Waals surface area (Å²) < 4.78 is 0. The van der Waals surface area contributed by atoms with Crippen molar-refractivity contribution in [3.05, 3.63) is 35.9 Å². The quantitative estimate of drug-likeness (QED) is 0.838. The Kier molecular flexibility index (Phi) is 2.90. The number of hydrogen-bond acceptors (Lipinski definition) is 2. The van der Waals surface area contributed by atoms with E-state index in [0.717, 1.165) is 25.8 Å². The van der Waals surface area contributed by atoms with Crippen molar-refractivity contribution in [2.75, 3.05) is 13.6 Å². The number of hydrogen-bond donors (Lipinski definition) is 1. The summed E-state index contributed by atoms with van der Waals surface area (Å²) in [6, 6.07) is 10.7. The van der Waals surface area contributed by atoms with Gasteiger partial charge >= 0.3 is 0 Å². The van der Waals surface area contributed by atoms with E-state index in [2.05, 4.69) is 54.5 Å². The van der Waals surface area contributed by atoms with E-state index >= 15 is 0 Å². The molecule has 1 aromatic rings. The van der Waals surface area contributed by atoms with Crippen LogP contribution in [0.5, 0.6) is 0 Å². The Morgan fingerprint density at radius 1 is 1.16 bits per heavy atom. The summed E-state index contributed by atoms with van der Waals surface area (Å²) >= 11 is 0. The standard InChI is InChI=1S/C16H22N2O/c1-15(13-6-4-3-5-7-13)10-11-16(12-18(15)2)9-8-14(19)17-16/h3-7H,8-12H2,1-2H3,(H,17,19)/t15-,16+/m0/s1. The highest BCUT2D eigenvalue weighted by molar-refractivity contribution is 5.79. The zero-order valence-electron chi connectivity index (χ0n) is 11.8. The first kappa shape index (κ1) is 12.7. The Morgan fingerprint density at radius 2 is 1.89 bits per heavy atom.